The van der Waals surface area contributed by atoms with Gasteiger partial charge in [0.15, 0.2) is 0 Å². The Morgan fingerprint density at radius 1 is 1.33 bits per heavy atom. The highest BCUT2D eigenvalue weighted by Gasteiger charge is 2.42. The van der Waals surface area contributed by atoms with Crippen molar-refractivity contribution in [3.63, 3.8) is 0 Å². The molecule has 21 heavy (non-hydrogen) atoms. The number of hydrogen-bond acceptors (Lipinski definition) is 2. The third-order valence-electron chi connectivity index (χ3n) is 3.89. The van der Waals surface area contributed by atoms with E-state index in [1.807, 2.05) is 13.8 Å². The lowest BCUT2D eigenvalue weighted by atomic mass is 9.96. The molecular weight excluding hydrogens is 283 g/mol. The Hall–Kier alpha value is -1.66. The summed E-state index contributed by atoms with van der Waals surface area (Å²) in [4.78, 5) is 13.9. The summed E-state index contributed by atoms with van der Waals surface area (Å²) in [6.07, 6.45) is -2.56. The molecule has 1 amide bonds. The summed E-state index contributed by atoms with van der Waals surface area (Å²) in [5.74, 6) is -1.55. The van der Waals surface area contributed by atoms with Crippen molar-refractivity contribution in [1.29, 1.82) is 0 Å². The Balaban J connectivity index is 2.09. The number of piperidine rings is 1. The minimum absolute atomic E-state index is 0.0346. The number of amides is 1. The number of hydrogen-bond donors (Lipinski definition) is 1. The van der Waals surface area contributed by atoms with Crippen molar-refractivity contribution in [2.75, 3.05) is 18.8 Å². The lowest BCUT2D eigenvalue weighted by Gasteiger charge is -2.33. The molecule has 1 aliphatic rings. The van der Waals surface area contributed by atoms with Crippen molar-refractivity contribution >= 4 is 11.6 Å². The van der Waals surface area contributed by atoms with Gasteiger partial charge in [-0.2, -0.15) is 13.2 Å². The number of aromatic nitrogens is 1. The Morgan fingerprint density at radius 3 is 2.38 bits per heavy atom. The molecule has 0 aromatic carbocycles. The highest BCUT2D eigenvalue weighted by atomic mass is 19.4. The van der Waals surface area contributed by atoms with Crippen molar-refractivity contribution in [2.45, 2.75) is 38.9 Å². The van der Waals surface area contributed by atoms with E-state index in [-0.39, 0.29) is 37.9 Å². The summed E-state index contributed by atoms with van der Waals surface area (Å²) in [6.45, 7) is 4.11. The molecule has 2 rings (SSSR count). The molecule has 0 spiro atoms. The Labute approximate surface area is 121 Å². The summed E-state index contributed by atoms with van der Waals surface area (Å²) >= 11 is 0. The molecule has 1 saturated heterocycles. The first-order chi connectivity index (χ1) is 9.70. The first-order valence-electron chi connectivity index (χ1n) is 7.03. The minimum Gasteiger partial charge on any atom is -0.397 e. The number of halogens is 3. The van der Waals surface area contributed by atoms with E-state index < -0.39 is 12.1 Å². The number of nitrogens with zero attached hydrogens (tertiary/aromatic N) is 2. The number of anilines is 1. The fraction of sp³-hybridized carbons (Fsp3) is 0.643. The van der Waals surface area contributed by atoms with Crippen molar-refractivity contribution in [3.8, 4) is 0 Å². The second kappa shape index (κ2) is 5.61. The number of carbonyl (C=O) groups excluding carboxylic acids is 1. The van der Waals surface area contributed by atoms with Gasteiger partial charge in [-0.25, -0.2) is 0 Å². The van der Waals surface area contributed by atoms with Gasteiger partial charge in [-0.05, 0) is 32.8 Å². The number of alkyl halides is 3. The van der Waals surface area contributed by atoms with Crippen LogP contribution in [-0.4, -0.2) is 34.6 Å². The molecule has 7 heteroatoms. The molecule has 1 aromatic heterocycles. The third-order valence-corrected chi connectivity index (χ3v) is 3.89. The topological polar surface area (TPSA) is 51.3 Å². The van der Waals surface area contributed by atoms with Gasteiger partial charge in [0.1, 0.15) is 5.69 Å². The van der Waals surface area contributed by atoms with Crippen LogP contribution in [0.3, 0.4) is 0 Å². The summed E-state index contributed by atoms with van der Waals surface area (Å²) < 4.78 is 39.7. The Kier molecular flexibility index (Phi) is 4.20. The molecule has 1 aromatic rings. The second-order valence-electron chi connectivity index (χ2n) is 5.77. The average Bonchev–Trinajstić information content (AvgIpc) is 2.79. The number of likely N-dealkylation sites (tertiary alicyclic amines) is 1. The maximum Gasteiger partial charge on any atom is 0.391 e. The van der Waals surface area contributed by atoms with E-state index in [9.17, 15) is 18.0 Å². The highest BCUT2D eigenvalue weighted by molar-refractivity contribution is 5.94. The third kappa shape index (κ3) is 3.33. The molecule has 1 aliphatic heterocycles. The van der Waals surface area contributed by atoms with E-state index in [1.165, 1.54) is 4.90 Å². The van der Waals surface area contributed by atoms with Crippen LogP contribution >= 0.6 is 0 Å². The fourth-order valence-electron chi connectivity index (χ4n) is 2.67. The van der Waals surface area contributed by atoms with Crippen molar-refractivity contribution in [3.05, 3.63) is 18.0 Å². The fourth-order valence-corrected chi connectivity index (χ4v) is 2.67. The van der Waals surface area contributed by atoms with Crippen LogP contribution in [0.25, 0.3) is 0 Å². The van der Waals surface area contributed by atoms with Gasteiger partial charge >= 0.3 is 6.18 Å². The predicted molar refractivity (Wildman–Crippen MR) is 73.9 cm³/mol. The molecule has 0 aliphatic carbocycles. The van der Waals surface area contributed by atoms with Gasteiger partial charge in [-0.3, -0.25) is 4.79 Å². The van der Waals surface area contributed by atoms with Gasteiger partial charge in [0.2, 0.25) is 0 Å². The smallest absolute Gasteiger partial charge is 0.391 e. The summed E-state index contributed by atoms with van der Waals surface area (Å²) in [5.41, 5.74) is 6.64. The molecule has 2 heterocycles. The van der Waals surface area contributed by atoms with Crippen molar-refractivity contribution in [2.24, 2.45) is 5.92 Å². The van der Waals surface area contributed by atoms with Gasteiger partial charge < -0.3 is 15.2 Å². The highest BCUT2D eigenvalue weighted by Crippen LogP contribution is 2.34. The largest absolute Gasteiger partial charge is 0.397 e. The first-order valence-corrected chi connectivity index (χ1v) is 7.03. The van der Waals surface area contributed by atoms with Crippen LogP contribution in [0, 0.1) is 5.92 Å². The SMILES string of the molecule is CC(C)n1cc(N)cc1C(=O)N1CCC(C(F)(F)F)CC1. The molecule has 0 bridgehead atoms. The lowest BCUT2D eigenvalue weighted by Crippen LogP contribution is -2.42. The predicted octanol–water partition coefficient (Wildman–Crippen LogP) is 3.07. The van der Waals surface area contributed by atoms with E-state index in [4.69, 9.17) is 5.73 Å². The molecule has 2 N–H and O–H groups in total. The zero-order valence-corrected chi connectivity index (χ0v) is 12.2. The molecule has 4 nitrogen and oxygen atoms in total. The summed E-state index contributed by atoms with van der Waals surface area (Å²) in [6, 6.07) is 1.65. The normalized spacial score (nSPS) is 17.5. The quantitative estimate of drug-likeness (QED) is 0.913. The zero-order valence-electron chi connectivity index (χ0n) is 12.2. The van der Waals surface area contributed by atoms with Crippen LogP contribution in [0.15, 0.2) is 12.3 Å². The molecule has 0 unspecified atom stereocenters. The van der Waals surface area contributed by atoms with Crippen LogP contribution in [0.4, 0.5) is 18.9 Å². The molecule has 0 atom stereocenters. The van der Waals surface area contributed by atoms with E-state index >= 15 is 0 Å². The van der Waals surface area contributed by atoms with Gasteiger partial charge in [0.05, 0.1) is 11.6 Å². The molecule has 0 radical (unpaired) electrons. The van der Waals surface area contributed by atoms with Gasteiger partial charge in [0.25, 0.3) is 5.91 Å². The van der Waals surface area contributed by atoms with E-state index in [1.54, 1.807) is 16.8 Å². The maximum absolute atomic E-state index is 12.6. The standard InChI is InChI=1S/C14H20F3N3O/c1-9(2)20-8-11(18)7-12(20)13(21)19-5-3-10(4-6-19)14(15,16)17/h7-10H,3-6,18H2,1-2H3. The molecule has 118 valence electrons. The molecule has 1 fully saturated rings. The van der Waals surface area contributed by atoms with Crippen LogP contribution in [0.2, 0.25) is 0 Å². The monoisotopic (exact) mass is 303 g/mol. The average molecular weight is 303 g/mol. The van der Waals surface area contributed by atoms with Crippen LogP contribution in [-0.2, 0) is 0 Å². The Bertz CT molecular complexity index is 514. The van der Waals surface area contributed by atoms with Crippen LogP contribution in [0.5, 0.6) is 0 Å². The number of nitrogen functional groups attached to an aromatic ring is 1. The number of rotatable bonds is 2. The van der Waals surface area contributed by atoms with E-state index in [0.29, 0.717) is 11.4 Å². The van der Waals surface area contributed by atoms with E-state index in [2.05, 4.69) is 0 Å². The summed E-state index contributed by atoms with van der Waals surface area (Å²) in [7, 11) is 0. The van der Waals surface area contributed by atoms with Crippen molar-refractivity contribution < 1.29 is 18.0 Å². The van der Waals surface area contributed by atoms with Crippen LogP contribution < -0.4 is 5.73 Å². The van der Waals surface area contributed by atoms with Crippen LogP contribution in [0.1, 0.15) is 43.2 Å². The number of carbonyl (C=O) groups is 1. The van der Waals surface area contributed by atoms with Gasteiger partial charge in [-0.1, -0.05) is 0 Å². The minimum atomic E-state index is -4.17. The lowest BCUT2D eigenvalue weighted by molar-refractivity contribution is -0.183. The van der Waals surface area contributed by atoms with E-state index in [0.717, 1.165) is 0 Å². The summed E-state index contributed by atoms with van der Waals surface area (Å²) in [5, 5.41) is 0. The maximum atomic E-state index is 12.6. The molecule has 0 saturated carbocycles. The molecular formula is C14H20F3N3O. The first kappa shape index (κ1) is 15.7. The van der Waals surface area contributed by atoms with Crippen molar-refractivity contribution in [1.82, 2.24) is 9.47 Å². The second-order valence-corrected chi connectivity index (χ2v) is 5.77. The van der Waals surface area contributed by atoms with Gasteiger partial charge in [-0.15, -0.1) is 0 Å². The number of nitrogens with two attached hydrogens (primary N) is 1. The zero-order chi connectivity index (χ0) is 15.8. The Morgan fingerprint density at radius 2 is 1.90 bits per heavy atom. The van der Waals surface area contributed by atoms with Gasteiger partial charge in [0, 0.05) is 25.3 Å².